The van der Waals surface area contributed by atoms with Crippen LogP contribution in [0.5, 0.6) is 0 Å². The zero-order valence-electron chi connectivity index (χ0n) is 5.02. The Morgan fingerprint density at radius 2 is 2.40 bits per heavy atom. The lowest BCUT2D eigenvalue weighted by atomic mass is 10.5. The molecule has 2 heterocycles. The van der Waals surface area contributed by atoms with E-state index in [-0.39, 0.29) is 0 Å². The number of nitrogens with zero attached hydrogens (tertiary/aromatic N) is 2. The highest BCUT2D eigenvalue weighted by Crippen LogP contribution is 2.20. The molecule has 2 rings (SSSR count). The smallest absolute Gasteiger partial charge is 0.182 e. The van der Waals surface area contributed by atoms with E-state index < -0.39 is 0 Å². The van der Waals surface area contributed by atoms with Crippen LogP contribution in [0, 0.1) is 0 Å². The van der Waals surface area contributed by atoms with Gasteiger partial charge in [0, 0.05) is 0 Å². The van der Waals surface area contributed by atoms with Crippen molar-refractivity contribution in [2.45, 2.75) is 0 Å². The summed E-state index contributed by atoms with van der Waals surface area (Å²) < 4.78 is 4.10. The van der Waals surface area contributed by atoms with Crippen molar-refractivity contribution in [3.63, 3.8) is 0 Å². The predicted molar refractivity (Wildman–Crippen MR) is 43.2 cm³/mol. The van der Waals surface area contributed by atoms with Crippen LogP contribution in [-0.4, -0.2) is 9.36 Å². The summed E-state index contributed by atoms with van der Waals surface area (Å²) in [6.07, 6.45) is 0. The van der Waals surface area contributed by atoms with Gasteiger partial charge in [-0.2, -0.15) is 4.37 Å². The molecule has 0 saturated carbocycles. The van der Waals surface area contributed by atoms with E-state index in [1.807, 2.05) is 17.5 Å². The summed E-state index contributed by atoms with van der Waals surface area (Å²) in [4.78, 5) is 5.22. The second kappa shape index (κ2) is 2.48. The molecule has 2 nitrogen and oxygen atoms in total. The summed E-state index contributed by atoms with van der Waals surface area (Å²) in [5.74, 6) is 0.847. The number of rotatable bonds is 1. The predicted octanol–water partition coefficient (Wildman–Crippen LogP) is 2.27. The van der Waals surface area contributed by atoms with E-state index in [9.17, 15) is 0 Å². The average Bonchev–Trinajstić information content (AvgIpc) is 2.59. The minimum atomic E-state index is 0.847. The lowest BCUT2D eigenvalue weighted by molar-refractivity contribution is 1.35. The standard InChI is InChI=1S/C6H4N2S2/c1-2-5(9-3-1)6-7-4-10-8-6/h1-4H. The van der Waals surface area contributed by atoms with Gasteiger partial charge in [0.15, 0.2) is 5.82 Å². The van der Waals surface area contributed by atoms with E-state index in [4.69, 9.17) is 0 Å². The first-order valence-corrected chi connectivity index (χ1v) is 4.49. The molecule has 0 N–H and O–H groups in total. The van der Waals surface area contributed by atoms with Crippen molar-refractivity contribution in [1.82, 2.24) is 9.36 Å². The van der Waals surface area contributed by atoms with Gasteiger partial charge in [-0.15, -0.1) is 11.3 Å². The number of aromatic nitrogens is 2. The second-order valence-corrected chi connectivity index (χ2v) is 3.28. The van der Waals surface area contributed by atoms with E-state index in [2.05, 4.69) is 9.36 Å². The van der Waals surface area contributed by atoms with Crippen LogP contribution in [0.15, 0.2) is 23.0 Å². The van der Waals surface area contributed by atoms with Gasteiger partial charge in [0.05, 0.1) is 4.88 Å². The molecule has 50 valence electrons. The van der Waals surface area contributed by atoms with E-state index in [1.165, 1.54) is 11.5 Å². The lowest BCUT2D eigenvalue weighted by Crippen LogP contribution is -1.70. The maximum Gasteiger partial charge on any atom is 0.182 e. The molecule has 0 aliphatic heterocycles. The topological polar surface area (TPSA) is 25.8 Å². The van der Waals surface area contributed by atoms with Crippen LogP contribution >= 0.6 is 22.9 Å². The third-order valence-electron chi connectivity index (χ3n) is 1.10. The van der Waals surface area contributed by atoms with E-state index >= 15 is 0 Å². The molecule has 0 bridgehead atoms. The first-order chi connectivity index (χ1) is 4.97. The highest BCUT2D eigenvalue weighted by molar-refractivity contribution is 7.13. The monoisotopic (exact) mass is 168 g/mol. The fourth-order valence-electron chi connectivity index (χ4n) is 0.685. The van der Waals surface area contributed by atoms with Crippen LogP contribution in [0.4, 0.5) is 0 Å². The molecule has 4 heteroatoms. The van der Waals surface area contributed by atoms with E-state index in [0.29, 0.717) is 0 Å². The Kier molecular flexibility index (Phi) is 1.49. The maximum absolute atomic E-state index is 4.10. The molecule has 10 heavy (non-hydrogen) atoms. The molecule has 0 amide bonds. The van der Waals surface area contributed by atoms with Gasteiger partial charge in [-0.25, -0.2) is 4.98 Å². The van der Waals surface area contributed by atoms with Crippen molar-refractivity contribution in [3.8, 4) is 10.7 Å². The molecule has 0 spiro atoms. The molecule has 0 saturated heterocycles. The van der Waals surface area contributed by atoms with E-state index in [0.717, 1.165) is 10.7 Å². The minimum Gasteiger partial charge on any atom is -0.223 e. The molecule has 0 aliphatic rings. The molecule has 0 unspecified atom stereocenters. The van der Waals surface area contributed by atoms with Gasteiger partial charge in [-0.05, 0) is 23.0 Å². The van der Waals surface area contributed by atoms with Crippen LogP contribution < -0.4 is 0 Å². The molecule has 0 aliphatic carbocycles. The van der Waals surface area contributed by atoms with Crippen molar-refractivity contribution in [1.29, 1.82) is 0 Å². The summed E-state index contributed by atoms with van der Waals surface area (Å²) in [6.45, 7) is 0. The molecular weight excluding hydrogens is 164 g/mol. The van der Waals surface area contributed by atoms with Crippen LogP contribution in [0.1, 0.15) is 0 Å². The molecule has 0 aromatic carbocycles. The van der Waals surface area contributed by atoms with Gasteiger partial charge in [-0.3, -0.25) is 0 Å². The minimum absolute atomic E-state index is 0.847. The second-order valence-electron chi connectivity index (χ2n) is 1.73. The molecule has 0 atom stereocenters. The molecule has 0 radical (unpaired) electrons. The number of hydrogen-bond acceptors (Lipinski definition) is 4. The average molecular weight is 168 g/mol. The number of thiophene rings is 1. The zero-order chi connectivity index (χ0) is 6.81. The quantitative estimate of drug-likeness (QED) is 0.652. The lowest BCUT2D eigenvalue weighted by Gasteiger charge is -1.81. The van der Waals surface area contributed by atoms with Crippen molar-refractivity contribution < 1.29 is 0 Å². The Labute approximate surface area is 66.3 Å². The van der Waals surface area contributed by atoms with Crippen LogP contribution in [0.2, 0.25) is 0 Å². The fraction of sp³-hybridized carbons (Fsp3) is 0. The Bertz CT molecular complexity index is 253. The third kappa shape index (κ3) is 0.955. The van der Waals surface area contributed by atoms with E-state index in [1.54, 1.807) is 16.8 Å². The Hall–Kier alpha value is -0.740. The largest absolute Gasteiger partial charge is 0.223 e. The van der Waals surface area contributed by atoms with Crippen molar-refractivity contribution in [2.24, 2.45) is 0 Å². The normalized spacial score (nSPS) is 10.0. The molecule has 0 fully saturated rings. The van der Waals surface area contributed by atoms with Gasteiger partial charge in [-0.1, -0.05) is 6.07 Å². The molecular formula is C6H4N2S2. The van der Waals surface area contributed by atoms with Crippen LogP contribution in [0.25, 0.3) is 10.7 Å². The fourth-order valence-corrected chi connectivity index (χ4v) is 1.85. The van der Waals surface area contributed by atoms with Crippen molar-refractivity contribution in [3.05, 3.63) is 23.0 Å². The van der Waals surface area contributed by atoms with Gasteiger partial charge in [0.25, 0.3) is 0 Å². The first kappa shape index (κ1) is 6.00. The Morgan fingerprint density at radius 3 is 3.00 bits per heavy atom. The number of hydrogen-bond donors (Lipinski definition) is 0. The van der Waals surface area contributed by atoms with Gasteiger partial charge >= 0.3 is 0 Å². The van der Waals surface area contributed by atoms with Gasteiger partial charge in [0.2, 0.25) is 0 Å². The summed E-state index contributed by atoms with van der Waals surface area (Å²) in [7, 11) is 0. The van der Waals surface area contributed by atoms with Gasteiger partial charge < -0.3 is 0 Å². The highest BCUT2D eigenvalue weighted by Gasteiger charge is 1.99. The maximum atomic E-state index is 4.10. The summed E-state index contributed by atoms with van der Waals surface area (Å²) in [6, 6.07) is 4.02. The Morgan fingerprint density at radius 1 is 1.40 bits per heavy atom. The Balaban J connectivity index is 2.48. The van der Waals surface area contributed by atoms with Gasteiger partial charge in [0.1, 0.15) is 5.51 Å². The molecule has 2 aromatic rings. The zero-order valence-corrected chi connectivity index (χ0v) is 6.65. The summed E-state index contributed by atoms with van der Waals surface area (Å²) >= 11 is 3.05. The van der Waals surface area contributed by atoms with Crippen molar-refractivity contribution >= 4 is 22.9 Å². The van der Waals surface area contributed by atoms with Crippen LogP contribution in [-0.2, 0) is 0 Å². The SMILES string of the molecule is c1csc(-c2ncsn2)c1. The summed E-state index contributed by atoms with van der Waals surface area (Å²) in [5, 5.41) is 2.02. The summed E-state index contributed by atoms with van der Waals surface area (Å²) in [5.41, 5.74) is 1.75. The third-order valence-corrected chi connectivity index (χ3v) is 2.45. The first-order valence-electron chi connectivity index (χ1n) is 2.77. The molecule has 2 aromatic heterocycles. The van der Waals surface area contributed by atoms with Crippen molar-refractivity contribution in [2.75, 3.05) is 0 Å². The highest BCUT2D eigenvalue weighted by atomic mass is 32.1. The van der Waals surface area contributed by atoms with Crippen LogP contribution in [0.3, 0.4) is 0 Å².